The van der Waals surface area contributed by atoms with Gasteiger partial charge < -0.3 is 0 Å². The molecule has 0 spiro atoms. The lowest BCUT2D eigenvalue weighted by molar-refractivity contribution is 0.330. The van der Waals surface area contributed by atoms with Gasteiger partial charge in [0.25, 0.3) is 0 Å². The van der Waals surface area contributed by atoms with E-state index in [9.17, 15) is 0 Å². The SMILES string of the molecule is CC1CCC(C2CCC(C)C2)C1. The molecular formula is C12H22. The second-order valence-electron chi connectivity index (χ2n) is 5.36. The van der Waals surface area contributed by atoms with E-state index in [1.165, 1.54) is 25.7 Å². The van der Waals surface area contributed by atoms with Crippen LogP contribution < -0.4 is 0 Å². The van der Waals surface area contributed by atoms with E-state index in [-0.39, 0.29) is 0 Å². The predicted molar refractivity (Wildman–Crippen MR) is 53.0 cm³/mol. The average molecular weight is 166 g/mol. The maximum atomic E-state index is 2.43. The highest BCUT2D eigenvalue weighted by molar-refractivity contribution is 4.83. The van der Waals surface area contributed by atoms with Gasteiger partial charge in [-0.15, -0.1) is 0 Å². The zero-order valence-corrected chi connectivity index (χ0v) is 8.55. The van der Waals surface area contributed by atoms with E-state index in [2.05, 4.69) is 13.8 Å². The van der Waals surface area contributed by atoms with Crippen molar-refractivity contribution in [3.05, 3.63) is 0 Å². The molecule has 2 aliphatic rings. The summed E-state index contributed by atoms with van der Waals surface area (Å²) in [4.78, 5) is 0. The summed E-state index contributed by atoms with van der Waals surface area (Å²) in [5.41, 5.74) is 0. The first-order valence-electron chi connectivity index (χ1n) is 5.75. The Kier molecular flexibility index (Phi) is 2.43. The molecule has 4 atom stereocenters. The highest BCUT2D eigenvalue weighted by atomic mass is 14.4. The molecule has 2 aliphatic carbocycles. The number of rotatable bonds is 1. The van der Waals surface area contributed by atoms with Crippen LogP contribution in [0.5, 0.6) is 0 Å². The molecule has 0 aromatic rings. The van der Waals surface area contributed by atoms with Gasteiger partial charge in [0, 0.05) is 0 Å². The van der Waals surface area contributed by atoms with Gasteiger partial charge in [0.15, 0.2) is 0 Å². The van der Waals surface area contributed by atoms with Crippen molar-refractivity contribution in [1.29, 1.82) is 0 Å². The summed E-state index contributed by atoms with van der Waals surface area (Å²) >= 11 is 0. The molecule has 0 aliphatic heterocycles. The molecule has 12 heavy (non-hydrogen) atoms. The van der Waals surface area contributed by atoms with Crippen LogP contribution in [0.1, 0.15) is 52.4 Å². The predicted octanol–water partition coefficient (Wildman–Crippen LogP) is 3.86. The highest BCUT2D eigenvalue weighted by Crippen LogP contribution is 2.44. The van der Waals surface area contributed by atoms with Gasteiger partial charge in [0.05, 0.1) is 0 Å². The van der Waals surface area contributed by atoms with Crippen LogP contribution in [0.25, 0.3) is 0 Å². The van der Waals surface area contributed by atoms with Gasteiger partial charge in [-0.1, -0.05) is 26.7 Å². The summed E-state index contributed by atoms with van der Waals surface area (Å²) < 4.78 is 0. The van der Waals surface area contributed by atoms with Crippen molar-refractivity contribution in [3.63, 3.8) is 0 Å². The average Bonchev–Trinajstić information content (AvgIpc) is 2.58. The van der Waals surface area contributed by atoms with Crippen molar-refractivity contribution in [1.82, 2.24) is 0 Å². The molecule has 0 heteroatoms. The molecule has 0 aromatic carbocycles. The van der Waals surface area contributed by atoms with Crippen LogP contribution in [-0.4, -0.2) is 0 Å². The van der Waals surface area contributed by atoms with E-state index in [0.29, 0.717) is 0 Å². The first kappa shape index (κ1) is 8.59. The molecule has 0 N–H and O–H groups in total. The Bertz CT molecular complexity index is 132. The first-order valence-corrected chi connectivity index (χ1v) is 5.75. The van der Waals surface area contributed by atoms with Gasteiger partial charge in [-0.3, -0.25) is 0 Å². The van der Waals surface area contributed by atoms with Gasteiger partial charge in [-0.25, -0.2) is 0 Å². The molecule has 0 amide bonds. The van der Waals surface area contributed by atoms with Crippen molar-refractivity contribution in [2.24, 2.45) is 23.7 Å². The lowest BCUT2D eigenvalue weighted by Gasteiger charge is -2.17. The van der Waals surface area contributed by atoms with Crippen LogP contribution in [-0.2, 0) is 0 Å². The van der Waals surface area contributed by atoms with Crippen molar-refractivity contribution in [2.75, 3.05) is 0 Å². The molecule has 0 aromatic heterocycles. The summed E-state index contributed by atoms with van der Waals surface area (Å²) in [6.07, 6.45) is 9.18. The monoisotopic (exact) mass is 166 g/mol. The smallest absolute Gasteiger partial charge is 0.0383 e. The maximum Gasteiger partial charge on any atom is -0.0383 e. The zero-order chi connectivity index (χ0) is 8.55. The summed E-state index contributed by atoms with van der Waals surface area (Å²) in [5.74, 6) is 4.30. The van der Waals surface area contributed by atoms with Crippen molar-refractivity contribution in [3.8, 4) is 0 Å². The van der Waals surface area contributed by atoms with Gasteiger partial charge in [-0.05, 0) is 49.4 Å². The third-order valence-electron chi connectivity index (χ3n) is 4.14. The van der Waals surface area contributed by atoms with Crippen molar-refractivity contribution < 1.29 is 0 Å². The van der Waals surface area contributed by atoms with E-state index in [1.807, 2.05) is 0 Å². The van der Waals surface area contributed by atoms with Gasteiger partial charge in [0.1, 0.15) is 0 Å². The third-order valence-corrected chi connectivity index (χ3v) is 4.14. The van der Waals surface area contributed by atoms with Crippen LogP contribution in [0, 0.1) is 23.7 Å². The van der Waals surface area contributed by atoms with Crippen LogP contribution in [0.3, 0.4) is 0 Å². The van der Waals surface area contributed by atoms with E-state index < -0.39 is 0 Å². The van der Waals surface area contributed by atoms with Crippen molar-refractivity contribution in [2.45, 2.75) is 52.4 Å². The third kappa shape index (κ3) is 1.67. The largest absolute Gasteiger partial charge is 0.0625 e. The Morgan fingerprint density at radius 3 is 1.33 bits per heavy atom. The Labute approximate surface area is 76.7 Å². The maximum absolute atomic E-state index is 2.43. The fourth-order valence-corrected chi connectivity index (χ4v) is 3.36. The lowest BCUT2D eigenvalue weighted by atomic mass is 9.88. The minimum Gasteiger partial charge on any atom is -0.0625 e. The van der Waals surface area contributed by atoms with Gasteiger partial charge in [-0.2, -0.15) is 0 Å². The van der Waals surface area contributed by atoms with E-state index >= 15 is 0 Å². The van der Waals surface area contributed by atoms with E-state index in [4.69, 9.17) is 0 Å². The van der Waals surface area contributed by atoms with Gasteiger partial charge in [0.2, 0.25) is 0 Å². The minimum absolute atomic E-state index is 1.03. The Hall–Kier alpha value is 0. The van der Waals surface area contributed by atoms with Crippen molar-refractivity contribution >= 4 is 0 Å². The molecule has 0 saturated heterocycles. The second-order valence-corrected chi connectivity index (χ2v) is 5.36. The molecule has 0 nitrogen and oxygen atoms in total. The Morgan fingerprint density at radius 1 is 0.667 bits per heavy atom. The van der Waals surface area contributed by atoms with Crippen LogP contribution >= 0.6 is 0 Å². The summed E-state index contributed by atoms with van der Waals surface area (Å²) in [6.45, 7) is 4.86. The van der Waals surface area contributed by atoms with Crippen LogP contribution in [0.15, 0.2) is 0 Å². The second kappa shape index (κ2) is 3.40. The first-order chi connectivity index (χ1) is 5.75. The number of hydrogen-bond donors (Lipinski definition) is 0. The normalized spacial score (nSPS) is 48.5. The fraction of sp³-hybridized carbons (Fsp3) is 1.00. The molecule has 2 fully saturated rings. The molecule has 2 saturated carbocycles. The Balaban J connectivity index is 1.85. The molecule has 2 rings (SSSR count). The van der Waals surface area contributed by atoms with Crippen LogP contribution in [0.4, 0.5) is 0 Å². The lowest BCUT2D eigenvalue weighted by Crippen LogP contribution is -2.08. The van der Waals surface area contributed by atoms with E-state index in [1.54, 1.807) is 12.8 Å². The van der Waals surface area contributed by atoms with Gasteiger partial charge >= 0.3 is 0 Å². The molecule has 0 bridgehead atoms. The fourth-order valence-electron chi connectivity index (χ4n) is 3.36. The standard InChI is InChI=1S/C12H22/c1-9-3-5-11(7-9)12-6-4-10(2)8-12/h9-12H,3-8H2,1-2H3. The number of hydrogen-bond acceptors (Lipinski definition) is 0. The van der Waals surface area contributed by atoms with E-state index in [0.717, 1.165) is 23.7 Å². The quantitative estimate of drug-likeness (QED) is 0.555. The Morgan fingerprint density at radius 2 is 1.08 bits per heavy atom. The zero-order valence-electron chi connectivity index (χ0n) is 8.55. The summed E-state index contributed by atoms with van der Waals surface area (Å²) in [5, 5.41) is 0. The molecule has 0 heterocycles. The molecule has 4 unspecified atom stereocenters. The topological polar surface area (TPSA) is 0 Å². The minimum atomic E-state index is 1.03. The molecule has 70 valence electrons. The molecular weight excluding hydrogens is 144 g/mol. The highest BCUT2D eigenvalue weighted by Gasteiger charge is 2.32. The summed E-state index contributed by atoms with van der Waals surface area (Å²) in [6, 6.07) is 0. The summed E-state index contributed by atoms with van der Waals surface area (Å²) in [7, 11) is 0. The van der Waals surface area contributed by atoms with Crippen LogP contribution in [0.2, 0.25) is 0 Å². The molecule has 0 radical (unpaired) electrons.